The molecule has 2 aromatic carbocycles. The Bertz CT molecular complexity index is 1080. The second kappa shape index (κ2) is 8.08. The van der Waals surface area contributed by atoms with Gasteiger partial charge in [-0.3, -0.25) is 0 Å². The normalized spacial score (nSPS) is 17.3. The van der Waals surface area contributed by atoms with Gasteiger partial charge in [0, 0.05) is 5.39 Å². The minimum Gasteiger partial charge on any atom is -0.494 e. The van der Waals surface area contributed by atoms with E-state index in [9.17, 15) is 9.90 Å². The van der Waals surface area contributed by atoms with Crippen molar-refractivity contribution in [1.29, 1.82) is 0 Å². The minimum absolute atomic E-state index is 0.363. The minimum atomic E-state index is -0.884. The molecule has 1 heterocycles. The second-order valence-electron chi connectivity index (χ2n) is 7.74. The topological polar surface area (TPSA) is 59.4 Å². The summed E-state index contributed by atoms with van der Waals surface area (Å²) in [6.07, 6.45) is 4.72. The molecule has 1 N–H and O–H groups in total. The molecule has 0 amide bonds. The lowest BCUT2D eigenvalue weighted by atomic mass is 9.80. The maximum absolute atomic E-state index is 12.1. The third kappa shape index (κ3) is 3.88. The number of allylic oxidation sites excluding steroid dienone is 1. The first-order chi connectivity index (χ1) is 14.1. The molecule has 1 aliphatic rings. The molecule has 0 fully saturated rings. The lowest BCUT2D eigenvalue weighted by Gasteiger charge is -2.26. The Labute approximate surface area is 170 Å². The molecule has 1 unspecified atom stereocenters. The van der Waals surface area contributed by atoms with Crippen LogP contribution >= 0.6 is 0 Å². The third-order valence-corrected chi connectivity index (χ3v) is 5.33. The van der Waals surface area contributed by atoms with Gasteiger partial charge in [0.1, 0.15) is 5.75 Å². The Kier molecular flexibility index (Phi) is 5.34. The van der Waals surface area contributed by atoms with Gasteiger partial charge in [0.25, 0.3) is 0 Å². The first-order valence-corrected chi connectivity index (χ1v) is 10.2. The number of carboxylic acid groups (broad SMARTS) is 1. The molecular weight excluding hydrogens is 362 g/mol. The predicted octanol–water partition coefficient (Wildman–Crippen LogP) is 5.84. The van der Waals surface area contributed by atoms with Crippen LogP contribution in [0, 0.1) is 5.92 Å². The first kappa shape index (κ1) is 19.2. The quantitative estimate of drug-likeness (QED) is 0.597. The fraction of sp³-hybridized carbons (Fsp3) is 0.280. The molecule has 1 aromatic heterocycles. The summed E-state index contributed by atoms with van der Waals surface area (Å²) in [6, 6.07) is 15.5. The van der Waals surface area contributed by atoms with Gasteiger partial charge in [0.2, 0.25) is 0 Å². The number of pyridine rings is 1. The standard InChI is InChI=1S/C25H25NO3/c1-3-12-29-19-10-8-17(9-11-19)15-18-13-16(2)14-21-23(25(27)28)20-6-4-5-7-22(20)26-24(18)21/h4-11,15-16H,3,12-14H2,1-2H3,(H,27,28). The predicted molar refractivity (Wildman–Crippen MR) is 116 cm³/mol. The highest BCUT2D eigenvalue weighted by molar-refractivity contribution is 6.05. The van der Waals surface area contributed by atoms with E-state index in [0.717, 1.165) is 52.9 Å². The lowest BCUT2D eigenvalue weighted by Crippen LogP contribution is -2.17. The molecule has 0 spiro atoms. The summed E-state index contributed by atoms with van der Waals surface area (Å²) in [4.78, 5) is 17.0. The number of ether oxygens (including phenoxy) is 1. The van der Waals surface area contributed by atoms with Crippen molar-refractivity contribution in [2.24, 2.45) is 5.92 Å². The number of rotatable bonds is 5. The number of carboxylic acids is 1. The zero-order valence-electron chi connectivity index (χ0n) is 16.8. The summed E-state index contributed by atoms with van der Waals surface area (Å²) in [5.74, 6) is 0.344. The van der Waals surface area contributed by atoms with E-state index in [-0.39, 0.29) is 0 Å². The SMILES string of the molecule is CCCOc1ccc(C=C2CC(C)Cc3c2nc2ccccc2c3C(=O)O)cc1. The van der Waals surface area contributed by atoms with E-state index >= 15 is 0 Å². The highest BCUT2D eigenvalue weighted by atomic mass is 16.5. The van der Waals surface area contributed by atoms with Crippen LogP contribution in [0.4, 0.5) is 0 Å². The number of hydrogen-bond acceptors (Lipinski definition) is 3. The maximum Gasteiger partial charge on any atom is 0.336 e. The Morgan fingerprint density at radius 1 is 1.17 bits per heavy atom. The average molecular weight is 387 g/mol. The largest absolute Gasteiger partial charge is 0.494 e. The molecule has 1 atom stereocenters. The summed E-state index contributed by atoms with van der Waals surface area (Å²) < 4.78 is 5.67. The maximum atomic E-state index is 12.1. The van der Waals surface area contributed by atoms with Crippen LogP contribution in [0.2, 0.25) is 0 Å². The lowest BCUT2D eigenvalue weighted by molar-refractivity contribution is 0.0697. The zero-order valence-corrected chi connectivity index (χ0v) is 16.8. The number of benzene rings is 2. The summed E-state index contributed by atoms with van der Waals surface area (Å²) in [5, 5.41) is 10.7. The molecule has 3 aromatic rings. The molecule has 0 aliphatic heterocycles. The van der Waals surface area contributed by atoms with E-state index in [1.807, 2.05) is 48.5 Å². The summed E-state index contributed by atoms with van der Waals surface area (Å²) in [7, 11) is 0. The van der Waals surface area contributed by atoms with Crippen molar-refractivity contribution >= 4 is 28.5 Å². The summed E-state index contributed by atoms with van der Waals surface area (Å²) in [5.41, 5.74) is 4.96. The van der Waals surface area contributed by atoms with Crippen molar-refractivity contribution in [3.8, 4) is 5.75 Å². The van der Waals surface area contributed by atoms with E-state index in [1.165, 1.54) is 0 Å². The van der Waals surface area contributed by atoms with Gasteiger partial charge in [0.15, 0.2) is 0 Å². The van der Waals surface area contributed by atoms with Crippen LogP contribution in [0.5, 0.6) is 5.75 Å². The fourth-order valence-corrected chi connectivity index (χ4v) is 4.06. The molecule has 4 nitrogen and oxygen atoms in total. The fourth-order valence-electron chi connectivity index (χ4n) is 4.06. The van der Waals surface area contributed by atoms with Gasteiger partial charge in [-0.05, 0) is 66.2 Å². The van der Waals surface area contributed by atoms with Crippen LogP contribution in [-0.2, 0) is 6.42 Å². The zero-order chi connectivity index (χ0) is 20.4. The summed E-state index contributed by atoms with van der Waals surface area (Å²) in [6.45, 7) is 4.96. The van der Waals surface area contributed by atoms with Crippen LogP contribution in [0.25, 0.3) is 22.6 Å². The van der Waals surface area contributed by atoms with Crippen molar-refractivity contribution in [3.05, 3.63) is 70.9 Å². The molecule has 1 aliphatic carbocycles. The van der Waals surface area contributed by atoms with Gasteiger partial charge in [-0.2, -0.15) is 0 Å². The van der Waals surface area contributed by atoms with Crippen molar-refractivity contribution in [2.45, 2.75) is 33.1 Å². The molecule has 0 saturated carbocycles. The van der Waals surface area contributed by atoms with Crippen molar-refractivity contribution in [3.63, 3.8) is 0 Å². The van der Waals surface area contributed by atoms with Crippen LogP contribution < -0.4 is 4.74 Å². The van der Waals surface area contributed by atoms with Gasteiger partial charge in [-0.25, -0.2) is 9.78 Å². The Morgan fingerprint density at radius 3 is 2.66 bits per heavy atom. The van der Waals surface area contributed by atoms with Gasteiger partial charge in [0.05, 0.1) is 23.4 Å². The van der Waals surface area contributed by atoms with Gasteiger partial charge >= 0.3 is 5.97 Å². The van der Waals surface area contributed by atoms with E-state index in [4.69, 9.17) is 9.72 Å². The monoisotopic (exact) mass is 387 g/mol. The Balaban J connectivity index is 1.81. The number of nitrogens with zero attached hydrogens (tertiary/aromatic N) is 1. The van der Waals surface area contributed by atoms with Crippen LogP contribution in [-0.4, -0.2) is 22.7 Å². The number of carbonyl (C=O) groups is 1. The summed E-state index contributed by atoms with van der Waals surface area (Å²) >= 11 is 0. The van der Waals surface area contributed by atoms with E-state index in [1.54, 1.807) is 0 Å². The van der Waals surface area contributed by atoms with Crippen molar-refractivity contribution in [2.75, 3.05) is 6.61 Å². The third-order valence-electron chi connectivity index (χ3n) is 5.33. The van der Waals surface area contributed by atoms with Gasteiger partial charge < -0.3 is 9.84 Å². The van der Waals surface area contributed by atoms with Crippen molar-refractivity contribution < 1.29 is 14.6 Å². The number of aromatic nitrogens is 1. The molecule has 148 valence electrons. The smallest absolute Gasteiger partial charge is 0.336 e. The highest BCUT2D eigenvalue weighted by Gasteiger charge is 2.27. The average Bonchev–Trinajstić information content (AvgIpc) is 2.71. The van der Waals surface area contributed by atoms with E-state index in [0.29, 0.717) is 23.5 Å². The highest BCUT2D eigenvalue weighted by Crippen LogP contribution is 2.38. The van der Waals surface area contributed by atoms with Crippen LogP contribution in [0.15, 0.2) is 48.5 Å². The molecule has 29 heavy (non-hydrogen) atoms. The van der Waals surface area contributed by atoms with Crippen molar-refractivity contribution in [1.82, 2.24) is 4.98 Å². The Morgan fingerprint density at radius 2 is 1.93 bits per heavy atom. The van der Waals surface area contributed by atoms with Crippen LogP contribution in [0.1, 0.15) is 53.9 Å². The number of fused-ring (bicyclic) bond motifs is 2. The number of hydrogen-bond donors (Lipinski definition) is 1. The molecule has 0 saturated heterocycles. The molecule has 4 rings (SSSR count). The molecule has 0 bridgehead atoms. The number of aromatic carboxylic acids is 1. The Hall–Kier alpha value is -3.14. The van der Waals surface area contributed by atoms with Gasteiger partial charge in [-0.1, -0.05) is 44.2 Å². The second-order valence-corrected chi connectivity index (χ2v) is 7.74. The first-order valence-electron chi connectivity index (χ1n) is 10.2. The molecule has 0 radical (unpaired) electrons. The molecular formula is C25H25NO3. The van der Waals surface area contributed by atoms with Crippen LogP contribution in [0.3, 0.4) is 0 Å². The number of para-hydroxylation sites is 1. The van der Waals surface area contributed by atoms with E-state index in [2.05, 4.69) is 19.9 Å². The molecule has 4 heteroatoms. The van der Waals surface area contributed by atoms with E-state index < -0.39 is 5.97 Å². The van der Waals surface area contributed by atoms with Gasteiger partial charge in [-0.15, -0.1) is 0 Å².